The van der Waals surface area contributed by atoms with Crippen LogP contribution < -0.4 is 5.32 Å². The summed E-state index contributed by atoms with van der Waals surface area (Å²) in [5.74, 6) is 0. The van der Waals surface area contributed by atoms with Crippen LogP contribution in [0.15, 0.2) is 48.5 Å². The van der Waals surface area contributed by atoms with Crippen LogP contribution >= 0.6 is 0 Å². The second-order valence-corrected chi connectivity index (χ2v) is 7.70. The standard InChI is InChI=1S/C25H26N2/c1-4-27-23-12-8-7-11-19(23)24-16(2)22(15-26-3)20-13-17-9-5-6-10-18(17)14-21(20)25(24)27/h5-12,26H,4,13-15H2,1-3H3. The molecule has 0 aliphatic heterocycles. The first kappa shape index (κ1) is 16.6. The average molecular weight is 354 g/mol. The molecule has 0 amide bonds. The molecule has 1 aliphatic carbocycles. The summed E-state index contributed by atoms with van der Waals surface area (Å²) in [5, 5.41) is 6.27. The van der Waals surface area contributed by atoms with E-state index < -0.39 is 0 Å². The molecule has 0 atom stereocenters. The zero-order chi connectivity index (χ0) is 18.5. The van der Waals surface area contributed by atoms with Gasteiger partial charge in [0.25, 0.3) is 0 Å². The number of aromatic nitrogens is 1. The molecule has 1 N–H and O–H groups in total. The van der Waals surface area contributed by atoms with Crippen LogP contribution in [-0.4, -0.2) is 11.6 Å². The van der Waals surface area contributed by atoms with Crippen molar-refractivity contribution in [2.45, 2.75) is 39.8 Å². The highest BCUT2D eigenvalue weighted by atomic mass is 15.0. The van der Waals surface area contributed by atoms with Crippen LogP contribution in [0.3, 0.4) is 0 Å². The second kappa shape index (κ2) is 6.24. The Morgan fingerprint density at radius 1 is 0.926 bits per heavy atom. The summed E-state index contributed by atoms with van der Waals surface area (Å²) in [6.45, 7) is 6.52. The average Bonchev–Trinajstić information content (AvgIpc) is 3.04. The third kappa shape index (κ3) is 2.30. The molecule has 0 radical (unpaired) electrons. The van der Waals surface area contributed by atoms with Gasteiger partial charge in [0.15, 0.2) is 0 Å². The van der Waals surface area contributed by atoms with E-state index in [0.29, 0.717) is 0 Å². The minimum Gasteiger partial charge on any atom is -0.341 e. The fraction of sp³-hybridized carbons (Fsp3) is 0.280. The lowest BCUT2D eigenvalue weighted by atomic mass is 9.80. The van der Waals surface area contributed by atoms with Gasteiger partial charge in [0, 0.05) is 35.8 Å². The van der Waals surface area contributed by atoms with Crippen LogP contribution in [0.5, 0.6) is 0 Å². The lowest BCUT2D eigenvalue weighted by Crippen LogP contribution is -2.17. The van der Waals surface area contributed by atoms with Crippen molar-refractivity contribution in [1.29, 1.82) is 0 Å². The lowest BCUT2D eigenvalue weighted by Gasteiger charge is -2.26. The molecule has 1 heterocycles. The molecule has 0 saturated heterocycles. The Kier molecular flexibility index (Phi) is 3.84. The first-order chi connectivity index (χ1) is 13.2. The molecule has 136 valence electrons. The summed E-state index contributed by atoms with van der Waals surface area (Å²) < 4.78 is 2.54. The number of para-hydroxylation sites is 1. The maximum Gasteiger partial charge on any atom is 0.0533 e. The van der Waals surface area contributed by atoms with Gasteiger partial charge in [0.05, 0.1) is 5.52 Å². The van der Waals surface area contributed by atoms with Crippen molar-refractivity contribution in [2.75, 3.05) is 7.05 Å². The smallest absolute Gasteiger partial charge is 0.0533 e. The monoisotopic (exact) mass is 354 g/mol. The minimum atomic E-state index is 0.928. The topological polar surface area (TPSA) is 17.0 Å². The molecule has 0 fully saturated rings. The second-order valence-electron chi connectivity index (χ2n) is 7.70. The van der Waals surface area contributed by atoms with Crippen LogP contribution in [0.25, 0.3) is 21.8 Å². The van der Waals surface area contributed by atoms with Crippen LogP contribution in [0.1, 0.15) is 40.3 Å². The summed E-state index contributed by atoms with van der Waals surface area (Å²) in [7, 11) is 2.06. The molecular formula is C25H26N2. The lowest BCUT2D eigenvalue weighted by molar-refractivity contribution is 0.789. The Morgan fingerprint density at radius 3 is 2.30 bits per heavy atom. The molecule has 1 aliphatic rings. The van der Waals surface area contributed by atoms with E-state index >= 15 is 0 Å². The van der Waals surface area contributed by atoms with Crippen molar-refractivity contribution in [1.82, 2.24) is 9.88 Å². The van der Waals surface area contributed by atoms with Gasteiger partial charge >= 0.3 is 0 Å². The zero-order valence-electron chi connectivity index (χ0n) is 16.4. The van der Waals surface area contributed by atoms with E-state index in [1.807, 2.05) is 0 Å². The Bertz CT molecular complexity index is 1180. The molecule has 4 aromatic rings. The maximum absolute atomic E-state index is 3.43. The molecule has 0 unspecified atom stereocenters. The van der Waals surface area contributed by atoms with Gasteiger partial charge in [-0.1, -0.05) is 42.5 Å². The largest absolute Gasteiger partial charge is 0.341 e. The van der Waals surface area contributed by atoms with E-state index in [2.05, 4.69) is 79.3 Å². The summed E-state index contributed by atoms with van der Waals surface area (Å²) in [5.41, 5.74) is 11.8. The van der Waals surface area contributed by atoms with Crippen LogP contribution in [0.4, 0.5) is 0 Å². The van der Waals surface area contributed by atoms with Crippen LogP contribution in [0, 0.1) is 6.92 Å². The third-order valence-corrected chi connectivity index (χ3v) is 6.34. The van der Waals surface area contributed by atoms with E-state index in [9.17, 15) is 0 Å². The number of hydrogen-bond donors (Lipinski definition) is 1. The summed E-state index contributed by atoms with van der Waals surface area (Å²) >= 11 is 0. The molecule has 2 nitrogen and oxygen atoms in total. The molecule has 2 heteroatoms. The highest BCUT2D eigenvalue weighted by Crippen LogP contribution is 2.41. The van der Waals surface area contributed by atoms with Gasteiger partial charge in [0.2, 0.25) is 0 Å². The molecular weight excluding hydrogens is 328 g/mol. The van der Waals surface area contributed by atoms with Crippen LogP contribution in [0.2, 0.25) is 0 Å². The van der Waals surface area contributed by atoms with Crippen LogP contribution in [-0.2, 0) is 25.9 Å². The van der Waals surface area contributed by atoms with Gasteiger partial charge in [-0.15, -0.1) is 0 Å². The highest BCUT2D eigenvalue weighted by molar-refractivity contribution is 6.11. The first-order valence-electron chi connectivity index (χ1n) is 10.00. The van der Waals surface area contributed by atoms with Crippen molar-refractivity contribution in [3.8, 4) is 0 Å². The van der Waals surface area contributed by atoms with Crippen molar-refractivity contribution in [3.05, 3.63) is 81.9 Å². The van der Waals surface area contributed by atoms with Crippen molar-refractivity contribution >= 4 is 21.8 Å². The molecule has 1 aromatic heterocycles. The predicted octanol–water partition coefficient (Wildman–Crippen LogP) is 5.34. The van der Waals surface area contributed by atoms with Gasteiger partial charge in [-0.05, 0) is 66.8 Å². The number of rotatable bonds is 3. The number of benzene rings is 3. The molecule has 0 saturated carbocycles. The fourth-order valence-electron chi connectivity index (χ4n) is 5.13. The van der Waals surface area contributed by atoms with Crippen molar-refractivity contribution in [2.24, 2.45) is 0 Å². The molecule has 27 heavy (non-hydrogen) atoms. The Labute approximate surface area is 160 Å². The highest BCUT2D eigenvalue weighted by Gasteiger charge is 2.26. The summed E-state index contributed by atoms with van der Waals surface area (Å²) in [6, 6.07) is 17.9. The third-order valence-electron chi connectivity index (χ3n) is 6.34. The normalized spacial score (nSPS) is 13.1. The Balaban J connectivity index is 1.95. The number of aryl methyl sites for hydroxylation is 2. The maximum atomic E-state index is 3.43. The van der Waals surface area contributed by atoms with Gasteiger partial charge in [-0.2, -0.15) is 0 Å². The quantitative estimate of drug-likeness (QED) is 0.463. The fourth-order valence-corrected chi connectivity index (χ4v) is 5.13. The van der Waals surface area contributed by atoms with Gasteiger partial charge in [0.1, 0.15) is 0 Å². The van der Waals surface area contributed by atoms with Crippen molar-refractivity contribution in [3.63, 3.8) is 0 Å². The first-order valence-corrected chi connectivity index (χ1v) is 10.00. The number of nitrogens with one attached hydrogen (secondary N) is 1. The number of hydrogen-bond acceptors (Lipinski definition) is 1. The van der Waals surface area contributed by atoms with Gasteiger partial charge in [-0.25, -0.2) is 0 Å². The van der Waals surface area contributed by atoms with Gasteiger partial charge < -0.3 is 9.88 Å². The Morgan fingerprint density at radius 2 is 1.59 bits per heavy atom. The summed E-state index contributed by atoms with van der Waals surface area (Å²) in [4.78, 5) is 0. The molecule has 3 aromatic carbocycles. The van der Waals surface area contributed by atoms with E-state index in [4.69, 9.17) is 0 Å². The summed E-state index contributed by atoms with van der Waals surface area (Å²) in [6.07, 6.45) is 2.08. The van der Waals surface area contributed by atoms with E-state index in [1.165, 1.54) is 49.6 Å². The Hall–Kier alpha value is -2.58. The van der Waals surface area contributed by atoms with Crippen molar-refractivity contribution < 1.29 is 0 Å². The molecule has 0 spiro atoms. The number of nitrogens with zero attached hydrogens (tertiary/aromatic N) is 1. The SMILES string of the molecule is CCn1c2ccccc2c2c(C)c(CNC)c3c(c21)Cc1ccccc1C3. The van der Waals surface area contributed by atoms with Gasteiger partial charge in [-0.3, -0.25) is 0 Å². The zero-order valence-corrected chi connectivity index (χ0v) is 16.4. The molecule has 0 bridgehead atoms. The van der Waals surface area contributed by atoms with E-state index in [1.54, 1.807) is 5.56 Å². The number of fused-ring (bicyclic) bond motifs is 6. The predicted molar refractivity (Wildman–Crippen MR) is 115 cm³/mol. The van der Waals surface area contributed by atoms with E-state index in [0.717, 1.165) is 25.9 Å². The minimum absolute atomic E-state index is 0.928. The van der Waals surface area contributed by atoms with E-state index in [-0.39, 0.29) is 0 Å². The molecule has 5 rings (SSSR count).